The normalized spacial score (nSPS) is 10.3. The molecule has 17 heavy (non-hydrogen) atoms. The Labute approximate surface area is 113 Å². The topological polar surface area (TPSA) is 29.5 Å². The third-order valence-corrected chi connectivity index (χ3v) is 2.95. The van der Waals surface area contributed by atoms with Crippen LogP contribution in [-0.4, -0.2) is 5.11 Å². The molecular formula is C13H10BrClO2. The summed E-state index contributed by atoms with van der Waals surface area (Å²) in [7, 11) is 0. The van der Waals surface area contributed by atoms with E-state index in [-0.39, 0.29) is 6.61 Å². The molecule has 0 atom stereocenters. The summed E-state index contributed by atoms with van der Waals surface area (Å²) >= 11 is 9.22. The molecule has 0 radical (unpaired) electrons. The standard InChI is InChI=1S/C13H10BrClO2/c14-10-2-1-3-12(7-10)17-13-5-4-11(15)6-9(13)8-16/h1-7,16H,8H2. The molecule has 1 N–H and O–H groups in total. The van der Waals surface area contributed by atoms with E-state index in [4.69, 9.17) is 16.3 Å². The summed E-state index contributed by atoms with van der Waals surface area (Å²) in [5.41, 5.74) is 0.664. The summed E-state index contributed by atoms with van der Waals surface area (Å²) in [4.78, 5) is 0. The van der Waals surface area contributed by atoms with Crippen LogP contribution in [0.4, 0.5) is 0 Å². The van der Waals surface area contributed by atoms with Crippen molar-refractivity contribution in [2.75, 3.05) is 0 Å². The summed E-state index contributed by atoms with van der Waals surface area (Å²) in [5.74, 6) is 1.31. The molecule has 0 aliphatic heterocycles. The average Bonchev–Trinajstić information content (AvgIpc) is 2.31. The van der Waals surface area contributed by atoms with Gasteiger partial charge < -0.3 is 9.84 Å². The van der Waals surface area contributed by atoms with Crippen LogP contribution in [0.2, 0.25) is 5.02 Å². The molecule has 0 saturated heterocycles. The van der Waals surface area contributed by atoms with E-state index < -0.39 is 0 Å². The lowest BCUT2D eigenvalue weighted by Crippen LogP contribution is -1.91. The number of ether oxygens (including phenoxy) is 1. The van der Waals surface area contributed by atoms with Gasteiger partial charge in [0.15, 0.2) is 0 Å². The lowest BCUT2D eigenvalue weighted by Gasteiger charge is -2.10. The lowest BCUT2D eigenvalue weighted by atomic mass is 10.2. The van der Waals surface area contributed by atoms with Crippen molar-refractivity contribution in [3.8, 4) is 11.5 Å². The maximum absolute atomic E-state index is 9.23. The molecule has 0 bridgehead atoms. The van der Waals surface area contributed by atoms with Crippen molar-refractivity contribution >= 4 is 27.5 Å². The van der Waals surface area contributed by atoms with Gasteiger partial charge in [-0.3, -0.25) is 0 Å². The molecule has 2 aromatic carbocycles. The van der Waals surface area contributed by atoms with Gasteiger partial charge in [0.25, 0.3) is 0 Å². The summed E-state index contributed by atoms with van der Waals surface area (Å²) in [6.07, 6.45) is 0. The fourth-order valence-corrected chi connectivity index (χ4v) is 2.00. The summed E-state index contributed by atoms with van der Waals surface area (Å²) in [5, 5.41) is 9.81. The quantitative estimate of drug-likeness (QED) is 0.911. The minimum absolute atomic E-state index is 0.107. The zero-order chi connectivity index (χ0) is 12.3. The largest absolute Gasteiger partial charge is 0.457 e. The second-order valence-corrected chi connectivity index (χ2v) is 4.82. The first-order valence-electron chi connectivity index (χ1n) is 5.02. The van der Waals surface area contributed by atoms with Gasteiger partial charge >= 0.3 is 0 Å². The van der Waals surface area contributed by atoms with Crippen molar-refractivity contribution in [2.45, 2.75) is 6.61 Å². The molecule has 0 fully saturated rings. The number of hydrogen-bond acceptors (Lipinski definition) is 2. The Kier molecular flexibility index (Phi) is 4.05. The molecule has 0 amide bonds. The minimum atomic E-state index is -0.107. The van der Waals surface area contributed by atoms with E-state index in [2.05, 4.69) is 15.9 Å². The number of benzene rings is 2. The monoisotopic (exact) mass is 312 g/mol. The fraction of sp³-hybridized carbons (Fsp3) is 0.0769. The highest BCUT2D eigenvalue weighted by atomic mass is 79.9. The number of rotatable bonds is 3. The maximum Gasteiger partial charge on any atom is 0.133 e. The lowest BCUT2D eigenvalue weighted by molar-refractivity contribution is 0.276. The molecule has 0 heterocycles. The van der Waals surface area contributed by atoms with Crippen molar-refractivity contribution in [2.24, 2.45) is 0 Å². The van der Waals surface area contributed by atoms with Crippen LogP contribution >= 0.6 is 27.5 Å². The Morgan fingerprint density at radius 1 is 1.18 bits per heavy atom. The maximum atomic E-state index is 9.23. The van der Waals surface area contributed by atoms with Gasteiger partial charge in [0, 0.05) is 15.1 Å². The van der Waals surface area contributed by atoms with Crippen LogP contribution in [0.25, 0.3) is 0 Å². The van der Waals surface area contributed by atoms with Gasteiger partial charge in [0.05, 0.1) is 6.61 Å². The molecule has 0 aliphatic rings. The zero-order valence-corrected chi connectivity index (χ0v) is 11.2. The van der Waals surface area contributed by atoms with Crippen molar-refractivity contribution < 1.29 is 9.84 Å². The molecule has 2 aromatic rings. The number of aliphatic hydroxyl groups is 1. The van der Waals surface area contributed by atoms with Gasteiger partial charge in [-0.15, -0.1) is 0 Å². The highest BCUT2D eigenvalue weighted by Crippen LogP contribution is 2.29. The Hall–Kier alpha value is -1.03. The van der Waals surface area contributed by atoms with E-state index in [0.29, 0.717) is 22.1 Å². The predicted octanol–water partition coefficient (Wildman–Crippen LogP) is 4.39. The van der Waals surface area contributed by atoms with Gasteiger partial charge in [-0.05, 0) is 36.4 Å². The molecule has 0 aromatic heterocycles. The Balaban J connectivity index is 2.29. The third kappa shape index (κ3) is 3.22. The van der Waals surface area contributed by atoms with Gasteiger partial charge in [-0.1, -0.05) is 33.6 Å². The van der Waals surface area contributed by atoms with E-state index in [1.54, 1.807) is 18.2 Å². The third-order valence-electron chi connectivity index (χ3n) is 2.22. The molecule has 0 aliphatic carbocycles. The molecular weight excluding hydrogens is 303 g/mol. The first-order valence-corrected chi connectivity index (χ1v) is 6.19. The second-order valence-electron chi connectivity index (χ2n) is 3.47. The van der Waals surface area contributed by atoms with Crippen molar-refractivity contribution in [1.29, 1.82) is 0 Å². The van der Waals surface area contributed by atoms with Crippen LogP contribution in [0.5, 0.6) is 11.5 Å². The molecule has 0 unspecified atom stereocenters. The second kappa shape index (κ2) is 5.54. The van der Waals surface area contributed by atoms with Crippen LogP contribution in [-0.2, 0) is 6.61 Å². The zero-order valence-electron chi connectivity index (χ0n) is 8.86. The van der Waals surface area contributed by atoms with Crippen molar-refractivity contribution in [3.63, 3.8) is 0 Å². The predicted molar refractivity (Wildman–Crippen MR) is 71.6 cm³/mol. The first kappa shape index (κ1) is 12.4. The Morgan fingerprint density at radius 2 is 2.00 bits per heavy atom. The van der Waals surface area contributed by atoms with E-state index in [1.165, 1.54) is 0 Å². The summed E-state index contributed by atoms with van der Waals surface area (Å²) in [6.45, 7) is -0.107. The molecule has 4 heteroatoms. The Bertz CT molecular complexity index is 529. The van der Waals surface area contributed by atoms with Crippen LogP contribution in [0.15, 0.2) is 46.9 Å². The molecule has 2 nitrogen and oxygen atoms in total. The fourth-order valence-electron chi connectivity index (χ4n) is 1.43. The van der Waals surface area contributed by atoms with Crippen molar-refractivity contribution in [1.82, 2.24) is 0 Å². The minimum Gasteiger partial charge on any atom is -0.457 e. The molecule has 88 valence electrons. The number of aliphatic hydroxyl groups excluding tert-OH is 1. The van der Waals surface area contributed by atoms with E-state index in [0.717, 1.165) is 4.47 Å². The SMILES string of the molecule is OCc1cc(Cl)ccc1Oc1cccc(Br)c1. The molecule has 2 rings (SSSR count). The van der Waals surface area contributed by atoms with Crippen LogP contribution in [0.1, 0.15) is 5.56 Å². The first-order chi connectivity index (χ1) is 8.19. The smallest absolute Gasteiger partial charge is 0.133 e. The highest BCUT2D eigenvalue weighted by molar-refractivity contribution is 9.10. The van der Waals surface area contributed by atoms with Crippen LogP contribution in [0.3, 0.4) is 0 Å². The van der Waals surface area contributed by atoms with Crippen LogP contribution < -0.4 is 4.74 Å². The van der Waals surface area contributed by atoms with Crippen LogP contribution in [0, 0.1) is 0 Å². The van der Waals surface area contributed by atoms with E-state index in [9.17, 15) is 5.11 Å². The number of hydrogen-bond donors (Lipinski definition) is 1. The summed E-state index contributed by atoms with van der Waals surface area (Å²) in [6, 6.07) is 12.7. The highest BCUT2D eigenvalue weighted by Gasteiger charge is 2.05. The van der Waals surface area contributed by atoms with Gasteiger partial charge in [-0.25, -0.2) is 0 Å². The number of halogens is 2. The summed E-state index contributed by atoms with van der Waals surface area (Å²) < 4.78 is 6.63. The Morgan fingerprint density at radius 3 is 2.71 bits per heavy atom. The van der Waals surface area contributed by atoms with E-state index >= 15 is 0 Å². The van der Waals surface area contributed by atoms with Gasteiger partial charge in [0.2, 0.25) is 0 Å². The van der Waals surface area contributed by atoms with E-state index in [1.807, 2.05) is 24.3 Å². The van der Waals surface area contributed by atoms with Gasteiger partial charge in [0.1, 0.15) is 11.5 Å². The molecule has 0 spiro atoms. The van der Waals surface area contributed by atoms with Gasteiger partial charge in [-0.2, -0.15) is 0 Å². The van der Waals surface area contributed by atoms with Crippen molar-refractivity contribution in [3.05, 3.63) is 57.5 Å². The molecule has 0 saturated carbocycles. The average molecular weight is 314 g/mol.